The Bertz CT molecular complexity index is 835. The third kappa shape index (κ3) is 0.264. The fourth-order valence-corrected chi connectivity index (χ4v) is 7.20. The summed E-state index contributed by atoms with van der Waals surface area (Å²) in [5.74, 6) is -0.987. The normalized spacial score (nSPS) is 69.9. The van der Waals surface area contributed by atoms with E-state index in [0.717, 1.165) is 0 Å². The lowest BCUT2D eigenvalue weighted by Gasteiger charge is -2.92. The van der Waals surface area contributed by atoms with Gasteiger partial charge in [0.1, 0.15) is 0 Å². The molecule has 0 aromatic carbocycles. The highest BCUT2D eigenvalue weighted by atomic mass is 15.6. The van der Waals surface area contributed by atoms with Crippen LogP contribution in [0.25, 0.3) is 29.1 Å². The first-order chi connectivity index (χ1) is 9.60. The molecule has 0 N–H and O–H groups in total. The van der Waals surface area contributed by atoms with Crippen LogP contribution in [0.5, 0.6) is 0 Å². The highest BCUT2D eigenvalue weighted by Gasteiger charge is 3.60. The molecule has 6 nitrogen and oxygen atoms in total. The van der Waals surface area contributed by atoms with Gasteiger partial charge in [-0.25, -0.2) is 39.4 Å². The largest absolute Gasteiger partial charge is 0.480 e. The van der Waals surface area contributed by atoms with Crippen LogP contribution in [0.3, 0.4) is 0 Å². The first kappa shape index (κ1) is 9.82. The molecular weight excluding hydrogens is 252 g/mol. The van der Waals surface area contributed by atoms with Crippen molar-refractivity contribution in [2.24, 2.45) is 11.8 Å². The van der Waals surface area contributed by atoms with Gasteiger partial charge < -0.3 is 0 Å². The molecule has 0 aliphatic heterocycles. The van der Waals surface area contributed by atoms with Gasteiger partial charge in [-0.3, -0.25) is 29.1 Å². The molecule has 0 radical (unpaired) electrons. The Labute approximate surface area is 114 Å². The van der Waals surface area contributed by atoms with E-state index in [-0.39, 0.29) is 0 Å². The Morgan fingerprint density at radius 2 is 0.850 bits per heavy atom. The summed E-state index contributed by atoms with van der Waals surface area (Å²) in [6.07, 6.45) is 0. The fraction of sp³-hybridized carbons (Fsp3) is 0.571. The Kier molecular flexibility index (Phi) is 0.865. The van der Waals surface area contributed by atoms with Crippen molar-refractivity contribution in [3.63, 3.8) is 0 Å². The van der Waals surface area contributed by atoms with Gasteiger partial charge in [0.2, 0.25) is 11.8 Å². The predicted molar refractivity (Wildman–Crippen MR) is 63.0 cm³/mol. The third-order valence-electron chi connectivity index (χ3n) is 7.02. The van der Waals surface area contributed by atoms with Crippen LogP contribution in [-0.2, 0) is 0 Å². The predicted octanol–water partition coefficient (Wildman–Crippen LogP) is 1.24. The van der Waals surface area contributed by atoms with Gasteiger partial charge >= 0.3 is 33.2 Å². The summed E-state index contributed by atoms with van der Waals surface area (Å²) >= 11 is 0. The van der Waals surface area contributed by atoms with Crippen molar-refractivity contribution < 1.29 is 0 Å². The lowest BCUT2D eigenvalue weighted by molar-refractivity contribution is -0.538. The standard InChI is InChI=1S/C14H2N6/c1-15-9-7-10(16-2)8(9)12(18-4)13(9,19-5)11(7,17-3)14(10,12)20-6/h7-8H. The van der Waals surface area contributed by atoms with E-state index < -0.39 is 45.1 Å². The van der Waals surface area contributed by atoms with Crippen LogP contribution in [0.4, 0.5) is 0 Å². The van der Waals surface area contributed by atoms with Crippen molar-refractivity contribution in [1.29, 1.82) is 0 Å². The minimum atomic E-state index is -1.34. The van der Waals surface area contributed by atoms with Crippen molar-refractivity contribution in [2.45, 2.75) is 33.2 Å². The molecule has 6 aliphatic carbocycles. The van der Waals surface area contributed by atoms with E-state index >= 15 is 0 Å². The number of rotatable bonds is 0. The van der Waals surface area contributed by atoms with E-state index in [1.807, 2.05) is 0 Å². The lowest BCUT2D eigenvalue weighted by Crippen LogP contribution is -3.37. The maximum atomic E-state index is 7.50. The highest BCUT2D eigenvalue weighted by molar-refractivity contribution is 5.99. The fourth-order valence-electron chi connectivity index (χ4n) is 7.20. The summed E-state index contributed by atoms with van der Waals surface area (Å²) in [6, 6.07) is 0. The molecule has 0 bridgehead atoms. The van der Waals surface area contributed by atoms with E-state index in [4.69, 9.17) is 39.4 Å². The number of hydrogen-bond acceptors (Lipinski definition) is 0. The Morgan fingerprint density at radius 3 is 1.05 bits per heavy atom. The summed E-state index contributed by atoms with van der Waals surface area (Å²) in [5.41, 5.74) is -7.27. The molecule has 6 fully saturated rings. The van der Waals surface area contributed by atoms with Crippen LogP contribution < -0.4 is 0 Å². The molecule has 6 saturated carbocycles. The minimum Gasteiger partial charge on any atom is -0.298 e. The van der Waals surface area contributed by atoms with Crippen LogP contribution >= 0.6 is 0 Å². The first-order valence-corrected chi connectivity index (χ1v) is 5.92. The van der Waals surface area contributed by atoms with Crippen LogP contribution in [0.2, 0.25) is 0 Å². The minimum absolute atomic E-state index is 0.494. The van der Waals surface area contributed by atoms with E-state index in [0.29, 0.717) is 0 Å². The molecule has 0 aromatic rings. The maximum Gasteiger partial charge on any atom is 0.480 e. The molecule has 6 rings (SSSR count). The van der Waals surface area contributed by atoms with Crippen molar-refractivity contribution >= 4 is 0 Å². The van der Waals surface area contributed by atoms with Crippen LogP contribution in [0, 0.1) is 51.3 Å². The zero-order valence-corrected chi connectivity index (χ0v) is 9.84. The van der Waals surface area contributed by atoms with Gasteiger partial charge in [0, 0.05) is 0 Å². The van der Waals surface area contributed by atoms with Crippen molar-refractivity contribution in [3.8, 4) is 0 Å². The van der Waals surface area contributed by atoms with Gasteiger partial charge in [0.25, 0.3) is 0 Å². The monoisotopic (exact) mass is 254 g/mol. The zero-order chi connectivity index (χ0) is 14.4. The SMILES string of the molecule is [C-]#[N+]C12C3C4([N+]#[C-])C1C1([N+]#[C-])C2([N+]#[C-])C3([N+]#[C-])C41[N+]#[C-]. The average Bonchev–Trinajstić information content (AvgIpc) is 2.50. The van der Waals surface area contributed by atoms with Gasteiger partial charge in [-0.15, -0.1) is 0 Å². The van der Waals surface area contributed by atoms with E-state index in [1.165, 1.54) is 0 Å². The highest BCUT2D eigenvalue weighted by Crippen LogP contribution is 3.13. The molecule has 0 aromatic heterocycles. The van der Waals surface area contributed by atoms with Crippen molar-refractivity contribution in [2.75, 3.05) is 0 Å². The van der Waals surface area contributed by atoms with Crippen LogP contribution in [0.15, 0.2) is 0 Å². The summed E-state index contributed by atoms with van der Waals surface area (Å²) in [5, 5.41) is 0. The summed E-state index contributed by atoms with van der Waals surface area (Å²) in [4.78, 5) is 21.5. The molecule has 0 unspecified atom stereocenters. The van der Waals surface area contributed by atoms with Crippen LogP contribution in [0.1, 0.15) is 0 Å². The molecule has 0 spiro atoms. The van der Waals surface area contributed by atoms with Gasteiger partial charge in [-0.2, -0.15) is 0 Å². The Hall–Kier alpha value is -3.06. The molecular formula is C14H2N6. The summed E-state index contributed by atoms with van der Waals surface area (Å²) in [6.45, 7) is 44.9. The van der Waals surface area contributed by atoms with Gasteiger partial charge in [-0.05, 0) is 0 Å². The van der Waals surface area contributed by atoms with Crippen molar-refractivity contribution in [3.05, 3.63) is 68.5 Å². The molecule has 6 aliphatic rings. The second-order valence-corrected chi connectivity index (χ2v) is 6.14. The quantitative estimate of drug-likeness (QED) is 0.581. The number of nitrogens with zero attached hydrogens (tertiary/aromatic N) is 6. The van der Waals surface area contributed by atoms with Gasteiger partial charge in [0.15, 0.2) is 0 Å². The first-order valence-electron chi connectivity index (χ1n) is 5.92. The molecule has 6 heteroatoms. The smallest absolute Gasteiger partial charge is 0.298 e. The molecule has 88 valence electrons. The van der Waals surface area contributed by atoms with Gasteiger partial charge in [0.05, 0.1) is 0 Å². The molecule has 0 atom stereocenters. The van der Waals surface area contributed by atoms with Crippen molar-refractivity contribution in [1.82, 2.24) is 0 Å². The maximum absolute atomic E-state index is 7.50. The molecule has 0 amide bonds. The van der Waals surface area contributed by atoms with E-state index in [9.17, 15) is 0 Å². The molecule has 0 saturated heterocycles. The summed E-state index contributed by atoms with van der Waals surface area (Å²) in [7, 11) is 0. The topological polar surface area (TPSA) is 26.2 Å². The second-order valence-electron chi connectivity index (χ2n) is 6.14. The summed E-state index contributed by atoms with van der Waals surface area (Å²) < 4.78 is 0. The van der Waals surface area contributed by atoms with E-state index in [2.05, 4.69) is 29.1 Å². The lowest BCUT2D eigenvalue weighted by atomic mass is 8.86. The molecule has 20 heavy (non-hydrogen) atoms. The average molecular weight is 254 g/mol. The Morgan fingerprint density at radius 1 is 0.500 bits per heavy atom. The molecule has 0 heterocycles. The Balaban J connectivity index is 1.95. The zero-order valence-electron chi connectivity index (χ0n) is 9.84. The van der Waals surface area contributed by atoms with Gasteiger partial charge in [-0.1, -0.05) is 0 Å². The third-order valence-corrected chi connectivity index (χ3v) is 7.02. The van der Waals surface area contributed by atoms with Crippen LogP contribution in [-0.4, -0.2) is 33.2 Å². The van der Waals surface area contributed by atoms with E-state index in [1.54, 1.807) is 0 Å². The number of hydrogen-bond donors (Lipinski definition) is 0. The second kappa shape index (κ2) is 1.76.